The van der Waals surface area contributed by atoms with E-state index in [0.717, 1.165) is 0 Å². The van der Waals surface area contributed by atoms with E-state index in [2.05, 4.69) is 9.97 Å². The molecule has 0 fully saturated rings. The van der Waals surface area contributed by atoms with Crippen molar-refractivity contribution in [3.05, 3.63) is 68.3 Å². The lowest BCUT2D eigenvalue weighted by Crippen LogP contribution is -2.22. The Morgan fingerprint density at radius 3 is 2.80 bits per heavy atom. The number of halogens is 1. The zero-order valence-corrected chi connectivity index (χ0v) is 17.5. The molecule has 0 radical (unpaired) electrons. The standard InChI is InChI=1S/C21H14ClN3O4S/c1-27-16-10-13(22)17(28-2)9-12(16)15-6-5-11(29-15)8-18-20(26)25-19-14(4-3-7-23-19)24-21(25)30-18/h3-10H,1-2H3. The molecule has 4 aromatic heterocycles. The maximum Gasteiger partial charge on any atom is 0.276 e. The summed E-state index contributed by atoms with van der Waals surface area (Å²) in [6.45, 7) is 0. The van der Waals surface area contributed by atoms with Gasteiger partial charge in [0.25, 0.3) is 5.56 Å². The normalized spacial score (nSPS) is 12.2. The molecule has 5 rings (SSSR count). The maximum absolute atomic E-state index is 12.9. The molecule has 0 spiro atoms. The largest absolute Gasteiger partial charge is 0.496 e. The van der Waals surface area contributed by atoms with E-state index in [4.69, 9.17) is 25.5 Å². The van der Waals surface area contributed by atoms with Crippen molar-refractivity contribution in [3.63, 3.8) is 0 Å². The van der Waals surface area contributed by atoms with Gasteiger partial charge in [0.1, 0.15) is 33.1 Å². The van der Waals surface area contributed by atoms with Crippen LogP contribution in [0.15, 0.2) is 51.8 Å². The van der Waals surface area contributed by atoms with Crippen LogP contribution in [0.3, 0.4) is 0 Å². The minimum absolute atomic E-state index is 0.181. The van der Waals surface area contributed by atoms with Gasteiger partial charge in [-0.3, -0.25) is 4.79 Å². The summed E-state index contributed by atoms with van der Waals surface area (Å²) in [7, 11) is 3.10. The predicted octanol–water partition coefficient (Wildman–Crippen LogP) is 3.78. The molecule has 0 aliphatic carbocycles. The molecule has 0 saturated heterocycles. The quantitative estimate of drug-likeness (QED) is 0.424. The van der Waals surface area contributed by atoms with Gasteiger partial charge in [-0.25, -0.2) is 14.4 Å². The molecule has 0 aliphatic rings. The fraction of sp³-hybridized carbons (Fsp3) is 0.0952. The highest BCUT2D eigenvalue weighted by atomic mass is 35.5. The maximum atomic E-state index is 12.9. The molecular formula is C21H14ClN3O4S. The van der Waals surface area contributed by atoms with Crippen molar-refractivity contribution in [3.8, 4) is 22.8 Å². The van der Waals surface area contributed by atoms with Gasteiger partial charge in [-0.05, 0) is 30.3 Å². The Labute approximate surface area is 178 Å². The summed E-state index contributed by atoms with van der Waals surface area (Å²) in [4.78, 5) is 22.2. The molecule has 0 amide bonds. The van der Waals surface area contributed by atoms with Crippen LogP contribution >= 0.6 is 22.9 Å². The lowest BCUT2D eigenvalue weighted by molar-refractivity contribution is 0.403. The van der Waals surface area contributed by atoms with Gasteiger partial charge in [0.2, 0.25) is 0 Å². The molecule has 1 aromatic carbocycles. The molecular weight excluding hydrogens is 426 g/mol. The second-order valence-corrected chi connectivity index (χ2v) is 7.80. The van der Waals surface area contributed by atoms with Crippen molar-refractivity contribution in [2.45, 2.75) is 0 Å². The Morgan fingerprint density at radius 1 is 1.17 bits per heavy atom. The van der Waals surface area contributed by atoms with Crippen LogP contribution in [0.2, 0.25) is 5.02 Å². The highest BCUT2D eigenvalue weighted by Crippen LogP contribution is 2.39. The highest BCUT2D eigenvalue weighted by Gasteiger charge is 2.16. The number of rotatable bonds is 4. The van der Waals surface area contributed by atoms with Crippen molar-refractivity contribution in [1.29, 1.82) is 0 Å². The second-order valence-electron chi connectivity index (χ2n) is 6.38. The van der Waals surface area contributed by atoms with Crippen LogP contribution in [-0.4, -0.2) is 28.6 Å². The molecule has 0 saturated carbocycles. The summed E-state index contributed by atoms with van der Waals surface area (Å²) in [6, 6.07) is 10.6. The number of thiazole rings is 1. The number of hydrogen-bond acceptors (Lipinski definition) is 7. The first-order valence-electron chi connectivity index (χ1n) is 8.88. The minimum atomic E-state index is -0.181. The number of ether oxygens (including phenoxy) is 2. The zero-order valence-electron chi connectivity index (χ0n) is 15.9. The molecule has 4 heterocycles. The highest BCUT2D eigenvalue weighted by molar-refractivity contribution is 7.15. The smallest absolute Gasteiger partial charge is 0.276 e. The first kappa shape index (κ1) is 18.7. The van der Waals surface area contributed by atoms with Crippen LogP contribution in [-0.2, 0) is 0 Å². The van der Waals surface area contributed by atoms with Crippen molar-refractivity contribution in [2.24, 2.45) is 0 Å². The van der Waals surface area contributed by atoms with Crippen LogP contribution < -0.4 is 19.6 Å². The number of fused-ring (bicyclic) bond motifs is 3. The zero-order chi connectivity index (χ0) is 20.8. The van der Waals surface area contributed by atoms with E-state index in [9.17, 15) is 4.79 Å². The molecule has 0 N–H and O–H groups in total. The number of aromatic nitrogens is 3. The molecule has 150 valence electrons. The molecule has 5 aromatic rings. The minimum Gasteiger partial charge on any atom is -0.496 e. The molecule has 0 unspecified atom stereocenters. The topological polar surface area (TPSA) is 78.9 Å². The summed E-state index contributed by atoms with van der Waals surface area (Å²) >= 11 is 7.47. The number of furan rings is 1. The Morgan fingerprint density at radius 2 is 2.00 bits per heavy atom. The number of methoxy groups -OCH3 is 2. The molecule has 0 bridgehead atoms. The van der Waals surface area contributed by atoms with Crippen LogP contribution in [0.4, 0.5) is 0 Å². The number of pyridine rings is 1. The Balaban J connectivity index is 1.61. The Hall–Kier alpha value is -3.36. The van der Waals surface area contributed by atoms with Crippen molar-refractivity contribution in [2.75, 3.05) is 14.2 Å². The lowest BCUT2D eigenvalue weighted by Gasteiger charge is -2.10. The monoisotopic (exact) mass is 439 g/mol. The van der Waals surface area contributed by atoms with Crippen LogP contribution in [0.5, 0.6) is 11.5 Å². The molecule has 0 aliphatic heterocycles. The number of nitrogens with zero attached hydrogens (tertiary/aromatic N) is 3. The average Bonchev–Trinajstić information content (AvgIpc) is 3.43. The van der Waals surface area contributed by atoms with Gasteiger partial charge in [0.15, 0.2) is 10.6 Å². The van der Waals surface area contributed by atoms with E-state index < -0.39 is 0 Å². The van der Waals surface area contributed by atoms with Crippen LogP contribution in [0.1, 0.15) is 5.76 Å². The lowest BCUT2D eigenvalue weighted by atomic mass is 10.1. The molecule has 9 heteroatoms. The first-order chi connectivity index (χ1) is 14.6. The van der Waals surface area contributed by atoms with E-state index in [-0.39, 0.29) is 5.56 Å². The molecule has 7 nitrogen and oxygen atoms in total. The number of imidazole rings is 1. The van der Waals surface area contributed by atoms with E-state index in [1.54, 1.807) is 56.8 Å². The van der Waals surface area contributed by atoms with E-state index in [1.807, 2.05) is 6.07 Å². The van der Waals surface area contributed by atoms with Gasteiger partial charge in [-0.1, -0.05) is 22.9 Å². The van der Waals surface area contributed by atoms with Gasteiger partial charge in [0, 0.05) is 18.3 Å². The van der Waals surface area contributed by atoms with Crippen LogP contribution in [0, 0.1) is 0 Å². The summed E-state index contributed by atoms with van der Waals surface area (Å²) < 4.78 is 18.7. The first-order valence-corrected chi connectivity index (χ1v) is 10.1. The third kappa shape index (κ3) is 2.92. The van der Waals surface area contributed by atoms with Crippen LogP contribution in [0.25, 0.3) is 33.5 Å². The third-order valence-corrected chi connectivity index (χ3v) is 5.90. The fourth-order valence-electron chi connectivity index (χ4n) is 3.24. The van der Waals surface area contributed by atoms with Gasteiger partial charge in [0.05, 0.1) is 24.8 Å². The summed E-state index contributed by atoms with van der Waals surface area (Å²) in [6.07, 6.45) is 3.34. The number of hydrogen-bond donors (Lipinski definition) is 0. The second kappa shape index (κ2) is 7.16. The summed E-state index contributed by atoms with van der Waals surface area (Å²) in [5, 5.41) is 0.440. The molecule has 30 heavy (non-hydrogen) atoms. The van der Waals surface area contributed by atoms with Crippen molar-refractivity contribution >= 4 is 45.1 Å². The summed E-state index contributed by atoms with van der Waals surface area (Å²) in [5.74, 6) is 2.15. The Bertz CT molecular complexity index is 1520. The third-order valence-electron chi connectivity index (χ3n) is 4.64. The van der Waals surface area contributed by atoms with E-state index >= 15 is 0 Å². The van der Waals surface area contributed by atoms with Gasteiger partial charge in [-0.2, -0.15) is 0 Å². The predicted molar refractivity (Wildman–Crippen MR) is 116 cm³/mol. The van der Waals surface area contributed by atoms with Gasteiger partial charge < -0.3 is 13.9 Å². The van der Waals surface area contributed by atoms with Crippen molar-refractivity contribution < 1.29 is 13.9 Å². The SMILES string of the molecule is COc1cc(-c2ccc(C=c3sc4nc5cccnc5n4c3=O)o2)c(OC)cc1Cl. The average molecular weight is 440 g/mol. The van der Waals surface area contributed by atoms with Crippen molar-refractivity contribution in [1.82, 2.24) is 14.4 Å². The summed E-state index contributed by atoms with van der Waals surface area (Å²) in [5.41, 5.74) is 1.75. The number of benzene rings is 1. The fourth-order valence-corrected chi connectivity index (χ4v) is 4.43. The van der Waals surface area contributed by atoms with Gasteiger partial charge in [-0.15, -0.1) is 0 Å². The van der Waals surface area contributed by atoms with E-state index in [1.165, 1.54) is 15.7 Å². The molecule has 0 atom stereocenters. The van der Waals surface area contributed by atoms with E-state index in [0.29, 0.717) is 54.3 Å². The van der Waals surface area contributed by atoms with Gasteiger partial charge >= 0.3 is 0 Å². The Kier molecular flexibility index (Phi) is 4.45.